The summed E-state index contributed by atoms with van der Waals surface area (Å²) >= 11 is 1.11. The quantitative estimate of drug-likeness (QED) is 0.643. The minimum atomic E-state index is -4.62. The third-order valence-electron chi connectivity index (χ3n) is 2.83. The van der Waals surface area contributed by atoms with Gasteiger partial charge >= 0.3 is 6.18 Å². The Balaban J connectivity index is 2.27. The van der Waals surface area contributed by atoms with Crippen molar-refractivity contribution < 1.29 is 13.2 Å². The van der Waals surface area contributed by atoms with Gasteiger partial charge in [0.25, 0.3) is 5.56 Å². The second kappa shape index (κ2) is 5.93. The third kappa shape index (κ3) is 3.87. The number of benzene rings is 1. The van der Waals surface area contributed by atoms with Gasteiger partial charge in [-0.1, -0.05) is 41.6 Å². The summed E-state index contributed by atoms with van der Waals surface area (Å²) in [4.78, 5) is 15.1. The van der Waals surface area contributed by atoms with Crippen LogP contribution in [0.1, 0.15) is 16.8 Å². The van der Waals surface area contributed by atoms with Crippen molar-refractivity contribution in [2.24, 2.45) is 7.05 Å². The molecule has 1 aromatic carbocycles. The molecule has 21 heavy (non-hydrogen) atoms. The fourth-order valence-corrected chi connectivity index (χ4v) is 2.66. The van der Waals surface area contributed by atoms with Gasteiger partial charge in [-0.15, -0.1) is 0 Å². The summed E-state index contributed by atoms with van der Waals surface area (Å²) in [7, 11) is 1.41. The molecule has 0 saturated carbocycles. The van der Waals surface area contributed by atoms with E-state index in [-0.39, 0.29) is 5.16 Å². The fourth-order valence-electron chi connectivity index (χ4n) is 1.74. The number of hydrogen-bond acceptors (Lipinski definition) is 3. The van der Waals surface area contributed by atoms with Crippen molar-refractivity contribution in [3.8, 4) is 0 Å². The van der Waals surface area contributed by atoms with E-state index in [0.29, 0.717) is 11.8 Å². The molecule has 3 nitrogen and oxygen atoms in total. The average Bonchev–Trinajstić information content (AvgIpc) is 2.39. The van der Waals surface area contributed by atoms with Crippen LogP contribution in [-0.2, 0) is 19.0 Å². The molecule has 0 aliphatic rings. The lowest BCUT2D eigenvalue weighted by Crippen LogP contribution is -2.23. The average molecular weight is 314 g/mol. The molecule has 0 unspecified atom stereocenters. The van der Waals surface area contributed by atoms with Crippen molar-refractivity contribution in [1.82, 2.24) is 9.55 Å². The number of halogens is 3. The SMILES string of the molecule is Cc1cccc(CSc2nc(C(F)(F)F)cc(=O)n2C)c1. The molecular weight excluding hydrogens is 301 g/mol. The van der Waals surface area contributed by atoms with Gasteiger partial charge in [-0.25, -0.2) is 4.98 Å². The number of alkyl halides is 3. The molecule has 0 aliphatic heterocycles. The summed E-state index contributed by atoms with van der Waals surface area (Å²) in [6.07, 6.45) is -4.62. The van der Waals surface area contributed by atoms with Crippen LogP contribution in [0.5, 0.6) is 0 Å². The fraction of sp³-hybridized carbons (Fsp3) is 0.286. The Hall–Kier alpha value is -1.76. The molecule has 1 aromatic heterocycles. The van der Waals surface area contributed by atoms with Gasteiger partial charge in [-0.3, -0.25) is 9.36 Å². The Kier molecular flexibility index (Phi) is 4.41. The van der Waals surface area contributed by atoms with Crippen LogP contribution in [0.3, 0.4) is 0 Å². The van der Waals surface area contributed by atoms with E-state index < -0.39 is 17.4 Å². The van der Waals surface area contributed by atoms with Crippen LogP contribution in [0.25, 0.3) is 0 Å². The van der Waals surface area contributed by atoms with E-state index in [4.69, 9.17) is 0 Å². The molecule has 7 heteroatoms. The molecule has 0 radical (unpaired) electrons. The molecule has 1 heterocycles. The summed E-state index contributed by atoms with van der Waals surface area (Å²) in [5.74, 6) is 0.448. The van der Waals surface area contributed by atoms with Crippen LogP contribution in [0.15, 0.2) is 40.3 Å². The van der Waals surface area contributed by atoms with Crippen LogP contribution < -0.4 is 5.56 Å². The molecule has 0 amide bonds. The maximum Gasteiger partial charge on any atom is 0.433 e. The van der Waals surface area contributed by atoms with Crippen molar-refractivity contribution in [2.45, 2.75) is 24.0 Å². The largest absolute Gasteiger partial charge is 0.433 e. The Labute approximate surface area is 123 Å². The lowest BCUT2D eigenvalue weighted by Gasteiger charge is -2.11. The van der Waals surface area contributed by atoms with E-state index in [0.717, 1.165) is 27.5 Å². The van der Waals surface area contributed by atoms with Gasteiger partial charge < -0.3 is 0 Å². The molecule has 112 valence electrons. The highest BCUT2D eigenvalue weighted by Crippen LogP contribution is 2.28. The second-order valence-electron chi connectivity index (χ2n) is 4.60. The summed E-state index contributed by atoms with van der Waals surface area (Å²) in [6.45, 7) is 1.94. The smallest absolute Gasteiger partial charge is 0.291 e. The molecule has 0 aliphatic carbocycles. The first-order chi connectivity index (χ1) is 9.77. The number of aryl methyl sites for hydroxylation is 1. The number of hydrogen-bond donors (Lipinski definition) is 0. The highest BCUT2D eigenvalue weighted by Gasteiger charge is 2.33. The molecule has 2 rings (SSSR count). The Morgan fingerprint density at radius 2 is 2.00 bits per heavy atom. The van der Waals surface area contributed by atoms with Gasteiger partial charge in [0.1, 0.15) is 0 Å². The standard InChI is InChI=1S/C14H13F3N2OS/c1-9-4-3-5-10(6-9)8-21-13-18-11(14(15,16)17)7-12(20)19(13)2/h3-7H,8H2,1-2H3. The second-order valence-corrected chi connectivity index (χ2v) is 5.54. The van der Waals surface area contributed by atoms with Crippen molar-refractivity contribution >= 4 is 11.8 Å². The van der Waals surface area contributed by atoms with Gasteiger partial charge in [-0.05, 0) is 12.5 Å². The zero-order chi connectivity index (χ0) is 15.6. The van der Waals surface area contributed by atoms with E-state index in [1.807, 2.05) is 31.2 Å². The third-order valence-corrected chi connectivity index (χ3v) is 3.94. The van der Waals surface area contributed by atoms with E-state index >= 15 is 0 Å². The summed E-state index contributed by atoms with van der Waals surface area (Å²) in [5, 5.41) is 0.0522. The summed E-state index contributed by atoms with van der Waals surface area (Å²) in [6, 6.07) is 8.15. The van der Waals surface area contributed by atoms with Crippen LogP contribution in [0.4, 0.5) is 13.2 Å². The van der Waals surface area contributed by atoms with Gasteiger partial charge in [0.15, 0.2) is 10.9 Å². The maximum absolute atomic E-state index is 12.7. The summed E-state index contributed by atoms with van der Waals surface area (Å²) in [5.41, 5.74) is 0.159. The minimum Gasteiger partial charge on any atom is -0.291 e. The predicted molar refractivity (Wildman–Crippen MR) is 75.2 cm³/mol. The normalized spacial score (nSPS) is 11.7. The van der Waals surface area contributed by atoms with Crippen LogP contribution >= 0.6 is 11.8 Å². The monoisotopic (exact) mass is 314 g/mol. The van der Waals surface area contributed by atoms with Crippen molar-refractivity contribution in [2.75, 3.05) is 0 Å². The molecular formula is C14H13F3N2OS. The van der Waals surface area contributed by atoms with Gasteiger partial charge in [0, 0.05) is 18.9 Å². The summed E-state index contributed by atoms with van der Waals surface area (Å²) < 4.78 is 39.1. The number of thioether (sulfide) groups is 1. The predicted octanol–water partition coefficient (Wildman–Crippen LogP) is 3.40. The highest BCUT2D eigenvalue weighted by molar-refractivity contribution is 7.98. The number of aromatic nitrogens is 2. The maximum atomic E-state index is 12.7. The van der Waals surface area contributed by atoms with Gasteiger partial charge in [-0.2, -0.15) is 13.2 Å². The van der Waals surface area contributed by atoms with E-state index in [1.54, 1.807) is 0 Å². The zero-order valence-corrected chi connectivity index (χ0v) is 12.3. The van der Waals surface area contributed by atoms with Gasteiger partial charge in [0.05, 0.1) is 0 Å². The highest BCUT2D eigenvalue weighted by atomic mass is 32.2. The van der Waals surface area contributed by atoms with Crippen molar-refractivity contribution in [3.05, 3.63) is 57.5 Å². The molecule has 0 bridgehead atoms. The zero-order valence-electron chi connectivity index (χ0n) is 11.4. The number of nitrogens with zero attached hydrogens (tertiary/aromatic N) is 2. The Morgan fingerprint density at radius 1 is 1.29 bits per heavy atom. The molecule has 2 aromatic rings. The van der Waals surface area contributed by atoms with E-state index in [2.05, 4.69) is 4.98 Å². The minimum absolute atomic E-state index is 0.0522. The Bertz CT molecular complexity index is 710. The first-order valence-electron chi connectivity index (χ1n) is 6.11. The first-order valence-corrected chi connectivity index (χ1v) is 7.09. The molecule has 0 saturated heterocycles. The molecule has 0 fully saturated rings. The van der Waals surface area contributed by atoms with E-state index in [9.17, 15) is 18.0 Å². The van der Waals surface area contributed by atoms with Gasteiger partial charge in [0.2, 0.25) is 0 Å². The van der Waals surface area contributed by atoms with Crippen molar-refractivity contribution in [1.29, 1.82) is 0 Å². The van der Waals surface area contributed by atoms with Crippen LogP contribution in [-0.4, -0.2) is 9.55 Å². The van der Waals surface area contributed by atoms with Crippen molar-refractivity contribution in [3.63, 3.8) is 0 Å². The lowest BCUT2D eigenvalue weighted by atomic mass is 10.2. The topological polar surface area (TPSA) is 34.9 Å². The number of rotatable bonds is 3. The molecule has 0 spiro atoms. The lowest BCUT2D eigenvalue weighted by molar-refractivity contribution is -0.141. The molecule has 0 atom stereocenters. The first kappa shape index (κ1) is 15.6. The van der Waals surface area contributed by atoms with E-state index in [1.165, 1.54) is 7.05 Å². The molecule has 0 N–H and O–H groups in total. The van der Waals surface area contributed by atoms with Crippen LogP contribution in [0, 0.1) is 6.92 Å². The Morgan fingerprint density at radius 3 is 2.62 bits per heavy atom. The van der Waals surface area contributed by atoms with Crippen LogP contribution in [0.2, 0.25) is 0 Å².